The Balaban J connectivity index is 1.82. The van der Waals surface area contributed by atoms with Crippen molar-refractivity contribution in [2.24, 2.45) is 5.92 Å². The van der Waals surface area contributed by atoms with E-state index < -0.39 is 0 Å². The quantitative estimate of drug-likeness (QED) is 0.885. The van der Waals surface area contributed by atoms with Gasteiger partial charge in [-0.25, -0.2) is 9.48 Å². The molecule has 0 saturated heterocycles. The molecule has 1 fully saturated rings. The third-order valence-corrected chi connectivity index (χ3v) is 4.48. The van der Waals surface area contributed by atoms with E-state index >= 15 is 0 Å². The first-order valence-corrected chi connectivity index (χ1v) is 8.07. The van der Waals surface area contributed by atoms with Crippen LogP contribution in [0.3, 0.4) is 0 Å². The lowest BCUT2D eigenvalue weighted by Gasteiger charge is -2.24. The molecule has 0 spiro atoms. The molecule has 0 aliphatic heterocycles. The van der Waals surface area contributed by atoms with E-state index in [0.717, 1.165) is 18.6 Å². The highest BCUT2D eigenvalue weighted by Gasteiger charge is 2.25. The minimum Gasteiger partial charge on any atom is -0.312 e. The summed E-state index contributed by atoms with van der Waals surface area (Å²) in [7, 11) is 0. The molecule has 0 bridgehead atoms. The van der Waals surface area contributed by atoms with Crippen LogP contribution in [0.2, 0.25) is 0 Å². The average molecular weight is 288 g/mol. The molecular formula is C16H24N4O. The lowest BCUT2D eigenvalue weighted by Crippen LogP contribution is -2.41. The first-order chi connectivity index (χ1) is 10.3. The first-order valence-electron chi connectivity index (χ1n) is 8.07. The number of rotatable bonds is 6. The maximum atomic E-state index is 12.4. The van der Waals surface area contributed by atoms with Gasteiger partial charge in [-0.05, 0) is 43.9 Å². The van der Waals surface area contributed by atoms with Gasteiger partial charge in [0.1, 0.15) is 0 Å². The van der Waals surface area contributed by atoms with Gasteiger partial charge >= 0.3 is 5.69 Å². The number of nitrogens with one attached hydrogen (secondary N) is 1. The predicted octanol–water partition coefficient (Wildman–Crippen LogP) is 2.05. The van der Waals surface area contributed by atoms with Crippen LogP contribution in [-0.2, 0) is 6.54 Å². The van der Waals surface area contributed by atoms with Gasteiger partial charge < -0.3 is 5.32 Å². The summed E-state index contributed by atoms with van der Waals surface area (Å²) in [6.45, 7) is 3.85. The second-order valence-corrected chi connectivity index (χ2v) is 6.00. The van der Waals surface area contributed by atoms with Crippen LogP contribution in [0.1, 0.15) is 39.0 Å². The second kappa shape index (κ2) is 6.43. The number of hydrogen-bond acceptors (Lipinski definition) is 3. The van der Waals surface area contributed by atoms with Crippen molar-refractivity contribution >= 4 is 5.65 Å². The topological polar surface area (TPSA) is 51.3 Å². The van der Waals surface area contributed by atoms with Crippen LogP contribution in [0.25, 0.3) is 5.65 Å². The minimum atomic E-state index is -0.0353. The standard InChI is InChI=1S/C16H24N4O/c1-2-10-17-14(13-7-3-4-8-13)12-20-16(21)19-11-6-5-9-15(19)18-20/h5-6,9,11,13-14,17H,2-4,7-8,10,12H2,1H3. The molecule has 3 rings (SSSR count). The van der Waals surface area contributed by atoms with Crippen molar-refractivity contribution in [2.45, 2.75) is 51.6 Å². The van der Waals surface area contributed by atoms with Gasteiger partial charge in [-0.2, -0.15) is 0 Å². The van der Waals surface area contributed by atoms with Crippen LogP contribution in [0, 0.1) is 5.92 Å². The van der Waals surface area contributed by atoms with E-state index in [1.54, 1.807) is 15.3 Å². The van der Waals surface area contributed by atoms with Gasteiger partial charge in [0.2, 0.25) is 0 Å². The Morgan fingerprint density at radius 3 is 2.90 bits per heavy atom. The van der Waals surface area contributed by atoms with Crippen molar-refractivity contribution in [3.63, 3.8) is 0 Å². The van der Waals surface area contributed by atoms with Gasteiger partial charge in [0.15, 0.2) is 5.65 Å². The van der Waals surface area contributed by atoms with Crippen molar-refractivity contribution in [3.05, 3.63) is 34.9 Å². The highest BCUT2D eigenvalue weighted by molar-refractivity contribution is 5.35. The monoisotopic (exact) mass is 288 g/mol. The van der Waals surface area contributed by atoms with Gasteiger partial charge in [-0.3, -0.25) is 4.40 Å². The lowest BCUT2D eigenvalue weighted by molar-refractivity contribution is 0.309. The summed E-state index contributed by atoms with van der Waals surface area (Å²) < 4.78 is 3.24. The van der Waals surface area contributed by atoms with E-state index in [4.69, 9.17) is 0 Å². The highest BCUT2D eigenvalue weighted by Crippen LogP contribution is 2.28. The molecule has 0 amide bonds. The zero-order valence-corrected chi connectivity index (χ0v) is 12.7. The van der Waals surface area contributed by atoms with Crippen LogP contribution in [0.15, 0.2) is 29.2 Å². The SMILES string of the molecule is CCCNC(Cn1nc2ccccn2c1=O)C1CCCC1. The van der Waals surface area contributed by atoms with Crippen LogP contribution >= 0.6 is 0 Å². The fourth-order valence-electron chi connectivity index (χ4n) is 3.34. The lowest BCUT2D eigenvalue weighted by atomic mass is 9.98. The van der Waals surface area contributed by atoms with Gasteiger partial charge in [-0.15, -0.1) is 5.10 Å². The summed E-state index contributed by atoms with van der Waals surface area (Å²) in [6, 6.07) is 6.01. The van der Waals surface area contributed by atoms with E-state index in [-0.39, 0.29) is 5.69 Å². The summed E-state index contributed by atoms with van der Waals surface area (Å²) >= 11 is 0. The molecule has 1 aliphatic rings. The van der Waals surface area contributed by atoms with E-state index in [1.807, 2.05) is 18.2 Å². The zero-order valence-electron chi connectivity index (χ0n) is 12.7. The van der Waals surface area contributed by atoms with Crippen LogP contribution in [-0.4, -0.2) is 26.8 Å². The molecule has 0 radical (unpaired) electrons. The molecular weight excluding hydrogens is 264 g/mol. The van der Waals surface area contributed by atoms with Gasteiger partial charge in [0.05, 0.1) is 6.54 Å². The van der Waals surface area contributed by atoms with Crippen molar-refractivity contribution in [1.29, 1.82) is 0 Å². The summed E-state index contributed by atoms with van der Waals surface area (Å²) in [5.74, 6) is 0.674. The average Bonchev–Trinajstić information content (AvgIpc) is 3.13. The Hall–Kier alpha value is -1.62. The molecule has 114 valence electrons. The minimum absolute atomic E-state index is 0.0353. The fourth-order valence-corrected chi connectivity index (χ4v) is 3.34. The molecule has 1 atom stereocenters. The number of aromatic nitrogens is 3. The van der Waals surface area contributed by atoms with Crippen LogP contribution in [0.4, 0.5) is 0 Å². The van der Waals surface area contributed by atoms with E-state index in [0.29, 0.717) is 18.5 Å². The summed E-state index contributed by atoms with van der Waals surface area (Å²) in [5, 5.41) is 8.08. The Labute approximate surface area is 125 Å². The summed E-state index contributed by atoms with van der Waals surface area (Å²) in [4.78, 5) is 12.4. The second-order valence-electron chi connectivity index (χ2n) is 6.00. The molecule has 21 heavy (non-hydrogen) atoms. The van der Waals surface area contributed by atoms with Gasteiger partial charge in [0, 0.05) is 12.2 Å². The Morgan fingerprint density at radius 2 is 2.19 bits per heavy atom. The maximum absolute atomic E-state index is 12.4. The first kappa shape index (κ1) is 14.3. The molecule has 1 aliphatic carbocycles. The van der Waals surface area contributed by atoms with Crippen molar-refractivity contribution < 1.29 is 0 Å². The molecule has 5 heteroatoms. The maximum Gasteiger partial charge on any atom is 0.350 e. The van der Waals surface area contributed by atoms with Crippen molar-refractivity contribution in [3.8, 4) is 0 Å². The molecule has 1 N–H and O–H groups in total. The zero-order chi connectivity index (χ0) is 14.7. The summed E-state index contributed by atoms with van der Waals surface area (Å²) in [5.41, 5.74) is 0.690. The normalized spacial score (nSPS) is 17.6. The Bertz CT molecular complexity index is 639. The smallest absolute Gasteiger partial charge is 0.312 e. The molecule has 2 aromatic heterocycles. The molecule has 1 saturated carbocycles. The summed E-state index contributed by atoms with van der Waals surface area (Å²) in [6.07, 6.45) is 8.06. The number of nitrogens with zero attached hydrogens (tertiary/aromatic N) is 3. The van der Waals surface area contributed by atoms with Crippen LogP contribution < -0.4 is 11.0 Å². The van der Waals surface area contributed by atoms with E-state index in [1.165, 1.54) is 25.7 Å². The predicted molar refractivity (Wildman–Crippen MR) is 83.5 cm³/mol. The molecule has 2 heterocycles. The third kappa shape index (κ3) is 3.02. The third-order valence-electron chi connectivity index (χ3n) is 4.48. The molecule has 1 unspecified atom stereocenters. The number of fused-ring (bicyclic) bond motifs is 1. The van der Waals surface area contributed by atoms with Gasteiger partial charge in [0.25, 0.3) is 0 Å². The van der Waals surface area contributed by atoms with Crippen molar-refractivity contribution in [2.75, 3.05) is 6.54 Å². The molecule has 0 aromatic carbocycles. The largest absolute Gasteiger partial charge is 0.350 e. The Morgan fingerprint density at radius 1 is 1.38 bits per heavy atom. The van der Waals surface area contributed by atoms with E-state index in [2.05, 4.69) is 17.3 Å². The number of pyridine rings is 1. The molecule has 5 nitrogen and oxygen atoms in total. The fraction of sp³-hybridized carbons (Fsp3) is 0.625. The van der Waals surface area contributed by atoms with E-state index in [9.17, 15) is 4.79 Å². The van der Waals surface area contributed by atoms with Gasteiger partial charge in [-0.1, -0.05) is 25.8 Å². The van der Waals surface area contributed by atoms with Crippen molar-refractivity contribution in [1.82, 2.24) is 19.5 Å². The highest BCUT2D eigenvalue weighted by atomic mass is 16.2. The Kier molecular flexibility index (Phi) is 4.39. The number of hydrogen-bond donors (Lipinski definition) is 1. The molecule has 2 aromatic rings. The van der Waals surface area contributed by atoms with Crippen LogP contribution in [0.5, 0.6) is 0 Å².